The van der Waals surface area contributed by atoms with Gasteiger partial charge in [-0.25, -0.2) is 21.6 Å². The van der Waals surface area contributed by atoms with Crippen molar-refractivity contribution in [3.63, 3.8) is 0 Å². The summed E-state index contributed by atoms with van der Waals surface area (Å²) < 4.78 is 52.2. The average Bonchev–Trinajstić information content (AvgIpc) is 3.77. The molecule has 2 bridgehead atoms. The van der Waals surface area contributed by atoms with Gasteiger partial charge in [0.25, 0.3) is 10.0 Å². The lowest BCUT2D eigenvalue weighted by Gasteiger charge is -2.37. The molecule has 4 atom stereocenters. The van der Waals surface area contributed by atoms with Crippen molar-refractivity contribution in [1.82, 2.24) is 19.2 Å². The van der Waals surface area contributed by atoms with E-state index in [1.807, 2.05) is 49.5 Å². The summed E-state index contributed by atoms with van der Waals surface area (Å²) in [5.41, 5.74) is 5.13. The standard InChI is InChI=1S/C41H43N5O5S2/c1-44-34-24-42-39-36(37(34)41(40(44)47)22-31-16-17-32(23-41)43-31)35(29-8-4-2-5-9-29)38(46(39)53(50,51)33-10-6-3-7-11-33)30-14-12-27(13-15-30)25-45-20-18-28(19-21-45)26-52(48)49/h2-15,24,28,31-32,43H,16-23,25-26H2,1H3,(H,48,49)/t31-,32+,41?. The second-order valence-corrected chi connectivity index (χ2v) is 18.0. The lowest BCUT2D eigenvalue weighted by atomic mass is 9.70. The zero-order chi connectivity index (χ0) is 36.5. The Morgan fingerprint density at radius 2 is 1.53 bits per heavy atom. The third-order valence-electron chi connectivity index (χ3n) is 12.1. The molecule has 2 N–H and O–H groups in total. The fraction of sp³-hybridized carbons (Fsp3) is 0.366. The van der Waals surface area contributed by atoms with E-state index < -0.39 is 26.5 Å². The maximum atomic E-state index is 15.0. The molecule has 2 aromatic heterocycles. The van der Waals surface area contributed by atoms with Crippen LogP contribution in [0, 0.1) is 5.92 Å². The number of nitrogens with zero attached hydrogens (tertiary/aromatic N) is 4. The van der Waals surface area contributed by atoms with Crippen LogP contribution in [0.15, 0.2) is 96.0 Å². The van der Waals surface area contributed by atoms with Gasteiger partial charge in [-0.3, -0.25) is 9.69 Å². The Kier molecular flexibility index (Phi) is 8.66. The Morgan fingerprint density at radius 3 is 2.17 bits per heavy atom. The Morgan fingerprint density at radius 1 is 0.887 bits per heavy atom. The number of likely N-dealkylation sites (tertiary alicyclic amines) is 1. The summed E-state index contributed by atoms with van der Waals surface area (Å²) >= 11 is -1.77. The number of likely N-dealkylation sites (N-methyl/N-ethyl adjacent to an activating group) is 1. The first-order valence-electron chi connectivity index (χ1n) is 18.5. The third-order valence-corrected chi connectivity index (χ3v) is 14.5. The first-order chi connectivity index (χ1) is 25.6. The van der Waals surface area contributed by atoms with E-state index in [2.05, 4.69) is 22.3 Å². The van der Waals surface area contributed by atoms with Crippen molar-refractivity contribution in [2.24, 2.45) is 5.92 Å². The Balaban J connectivity index is 1.26. The maximum Gasteiger partial charge on any atom is 0.269 e. The first kappa shape index (κ1) is 34.6. The molecule has 9 rings (SSSR count). The molecule has 3 saturated heterocycles. The topological polar surface area (TPSA) is 125 Å². The number of benzene rings is 3. The number of fused-ring (bicyclic) bond motifs is 6. The SMILES string of the molecule is CN1C(=O)C2(C[C@H]3CC[C@@H](C2)N3)c2c1cnc1c2c(-c2ccccc2)c(-c2ccc(CN3CCC(CS(=O)O)CC3)cc2)n1S(=O)(=O)c1ccccc1. The van der Waals surface area contributed by atoms with Crippen LogP contribution in [0.4, 0.5) is 5.69 Å². The summed E-state index contributed by atoms with van der Waals surface area (Å²) in [5, 5.41) is 4.44. The van der Waals surface area contributed by atoms with Gasteiger partial charge in [0.15, 0.2) is 16.7 Å². The van der Waals surface area contributed by atoms with Crippen molar-refractivity contribution < 1.29 is 22.0 Å². The van der Waals surface area contributed by atoms with Crippen LogP contribution < -0.4 is 10.2 Å². The Hall–Kier alpha value is -4.20. The molecule has 2 unspecified atom stereocenters. The van der Waals surface area contributed by atoms with Crippen molar-refractivity contribution >= 4 is 43.7 Å². The number of amides is 1. The molecule has 4 aliphatic rings. The predicted octanol–water partition coefficient (Wildman–Crippen LogP) is 6.17. The van der Waals surface area contributed by atoms with E-state index in [-0.39, 0.29) is 28.8 Å². The van der Waals surface area contributed by atoms with Gasteiger partial charge < -0.3 is 14.8 Å². The third kappa shape index (κ3) is 5.77. The number of piperidine rings is 2. The fourth-order valence-electron chi connectivity index (χ4n) is 9.63. The normalized spacial score (nSPS) is 24.0. The zero-order valence-electron chi connectivity index (χ0n) is 29.6. The molecule has 53 heavy (non-hydrogen) atoms. The van der Waals surface area contributed by atoms with Gasteiger partial charge in [-0.05, 0) is 86.4 Å². The molecule has 0 radical (unpaired) electrons. The van der Waals surface area contributed by atoms with Gasteiger partial charge in [0.1, 0.15) is 0 Å². The van der Waals surface area contributed by atoms with E-state index in [1.165, 1.54) is 3.97 Å². The predicted molar refractivity (Wildman–Crippen MR) is 208 cm³/mol. The molecule has 1 amide bonds. The maximum absolute atomic E-state index is 15.0. The lowest BCUT2D eigenvalue weighted by molar-refractivity contribution is -0.124. The van der Waals surface area contributed by atoms with E-state index in [0.717, 1.165) is 84.2 Å². The van der Waals surface area contributed by atoms with Gasteiger partial charge in [0.2, 0.25) is 5.91 Å². The van der Waals surface area contributed by atoms with Gasteiger partial charge in [0, 0.05) is 42.2 Å². The van der Waals surface area contributed by atoms with Crippen molar-refractivity contribution in [2.75, 3.05) is 30.8 Å². The highest BCUT2D eigenvalue weighted by Gasteiger charge is 2.57. The van der Waals surface area contributed by atoms with Crippen LogP contribution in [0.5, 0.6) is 0 Å². The van der Waals surface area contributed by atoms with Crippen LogP contribution in [0.3, 0.4) is 0 Å². The van der Waals surface area contributed by atoms with Gasteiger partial charge in [-0.1, -0.05) is 72.8 Å². The average molecular weight is 750 g/mol. The van der Waals surface area contributed by atoms with Gasteiger partial charge in [0.05, 0.1) is 33.6 Å². The first-order valence-corrected chi connectivity index (χ1v) is 21.2. The quantitative estimate of drug-likeness (QED) is 0.181. The minimum atomic E-state index is -4.18. The number of carbonyl (C=O) groups is 1. The molecule has 3 fully saturated rings. The molecule has 274 valence electrons. The van der Waals surface area contributed by atoms with Crippen LogP contribution >= 0.6 is 0 Å². The monoisotopic (exact) mass is 749 g/mol. The number of anilines is 1. The molecule has 1 spiro atoms. The lowest BCUT2D eigenvalue weighted by Crippen LogP contribution is -2.51. The minimum absolute atomic E-state index is 0.0532. The van der Waals surface area contributed by atoms with Crippen LogP contribution in [0.25, 0.3) is 33.4 Å². The van der Waals surface area contributed by atoms with Crippen LogP contribution in [-0.4, -0.2) is 74.9 Å². The van der Waals surface area contributed by atoms with E-state index in [0.29, 0.717) is 29.9 Å². The van der Waals surface area contributed by atoms with E-state index in [1.54, 1.807) is 41.4 Å². The van der Waals surface area contributed by atoms with Crippen LogP contribution in [-0.2, 0) is 37.9 Å². The molecule has 10 nitrogen and oxygen atoms in total. The Bertz CT molecular complexity index is 2330. The molecule has 0 saturated carbocycles. The van der Waals surface area contributed by atoms with Crippen molar-refractivity contribution in [2.45, 2.75) is 67.5 Å². The van der Waals surface area contributed by atoms with Crippen LogP contribution in [0.1, 0.15) is 49.7 Å². The van der Waals surface area contributed by atoms with E-state index in [9.17, 15) is 13.6 Å². The molecule has 6 heterocycles. The summed E-state index contributed by atoms with van der Waals surface area (Å²) in [6.45, 7) is 2.44. The molecule has 0 aliphatic carbocycles. The molecule has 12 heteroatoms. The molecular weight excluding hydrogens is 707 g/mol. The largest absolute Gasteiger partial charge is 0.313 e. The van der Waals surface area contributed by atoms with Crippen molar-refractivity contribution in [3.05, 3.63) is 102 Å². The number of hydrogen-bond donors (Lipinski definition) is 2. The Labute approximate surface area is 312 Å². The summed E-state index contributed by atoms with van der Waals surface area (Å²) in [6.07, 6.45) is 6.81. The molecular formula is C41H43N5O5S2. The highest BCUT2D eigenvalue weighted by atomic mass is 32.2. The van der Waals surface area contributed by atoms with E-state index >= 15 is 8.42 Å². The van der Waals surface area contributed by atoms with Crippen LogP contribution in [0.2, 0.25) is 0 Å². The zero-order valence-corrected chi connectivity index (χ0v) is 31.3. The highest BCUT2D eigenvalue weighted by Crippen LogP contribution is 2.56. The number of carbonyl (C=O) groups excluding carboxylic acids is 1. The number of aromatic nitrogens is 2. The second kappa shape index (κ2) is 13.3. The number of nitrogens with one attached hydrogen (secondary N) is 1. The summed E-state index contributed by atoms with van der Waals surface area (Å²) in [6, 6.07) is 27.0. The van der Waals surface area contributed by atoms with Gasteiger partial charge >= 0.3 is 0 Å². The summed E-state index contributed by atoms with van der Waals surface area (Å²) in [5.74, 6) is 0.638. The number of rotatable bonds is 8. The van der Waals surface area contributed by atoms with Crippen molar-refractivity contribution in [1.29, 1.82) is 0 Å². The number of hydrogen-bond acceptors (Lipinski definition) is 7. The molecule has 5 aromatic rings. The summed E-state index contributed by atoms with van der Waals surface area (Å²) in [4.78, 5) is 23.7. The van der Waals surface area contributed by atoms with Gasteiger partial charge in [-0.15, -0.1) is 0 Å². The second-order valence-electron chi connectivity index (χ2n) is 15.3. The molecule has 4 aliphatic heterocycles. The summed E-state index contributed by atoms with van der Waals surface area (Å²) in [7, 11) is -2.36. The minimum Gasteiger partial charge on any atom is -0.313 e. The highest BCUT2D eigenvalue weighted by molar-refractivity contribution is 7.90. The van der Waals surface area contributed by atoms with Crippen molar-refractivity contribution in [3.8, 4) is 22.4 Å². The smallest absolute Gasteiger partial charge is 0.269 e. The number of pyridine rings is 1. The van der Waals surface area contributed by atoms with E-state index in [4.69, 9.17) is 4.98 Å². The fourth-order valence-corrected chi connectivity index (χ4v) is 11.9. The van der Waals surface area contributed by atoms with Gasteiger partial charge in [-0.2, -0.15) is 0 Å². The molecule has 3 aromatic carbocycles.